The molecule has 0 saturated carbocycles. The molecule has 0 saturated heterocycles. The first-order valence-corrected chi connectivity index (χ1v) is 5.41. The van der Waals surface area contributed by atoms with E-state index in [4.69, 9.17) is 4.74 Å². The normalized spacial score (nSPS) is 38.7. The molecule has 2 aliphatic carbocycles. The summed E-state index contributed by atoms with van der Waals surface area (Å²) in [5, 5.41) is 9.98. The lowest BCUT2D eigenvalue weighted by molar-refractivity contribution is -0.136. The zero-order chi connectivity index (χ0) is 10.6. The number of hydrogen-bond donors (Lipinski definition) is 1. The van der Waals surface area contributed by atoms with Crippen LogP contribution >= 0.6 is 0 Å². The number of cyclic esters (lactones) is 1. The van der Waals surface area contributed by atoms with Gasteiger partial charge in [0.15, 0.2) is 0 Å². The van der Waals surface area contributed by atoms with Gasteiger partial charge in [-0.05, 0) is 30.3 Å². The van der Waals surface area contributed by atoms with Crippen molar-refractivity contribution in [1.29, 1.82) is 0 Å². The number of ether oxygens (including phenoxy) is 1. The minimum atomic E-state index is -0.629. The van der Waals surface area contributed by atoms with Crippen LogP contribution in [0.25, 0.3) is 0 Å². The van der Waals surface area contributed by atoms with E-state index in [0.717, 1.165) is 18.4 Å². The van der Waals surface area contributed by atoms with Crippen LogP contribution in [0, 0.1) is 5.41 Å². The molecule has 0 fully saturated rings. The van der Waals surface area contributed by atoms with Crippen LogP contribution in [0.15, 0.2) is 22.8 Å². The van der Waals surface area contributed by atoms with Gasteiger partial charge in [0, 0.05) is 5.57 Å². The average molecular weight is 206 g/mol. The first-order chi connectivity index (χ1) is 7.12. The smallest absolute Gasteiger partial charge is 0.337 e. The lowest BCUT2D eigenvalue weighted by Crippen LogP contribution is -2.32. The molecule has 80 valence electrons. The molecule has 3 nitrogen and oxygen atoms in total. The minimum Gasteiger partial charge on any atom is -0.457 e. The lowest BCUT2D eigenvalue weighted by atomic mass is 9.69. The number of allylic oxidation sites excluding steroid dienone is 1. The van der Waals surface area contributed by atoms with Gasteiger partial charge in [-0.15, -0.1) is 0 Å². The van der Waals surface area contributed by atoms with Gasteiger partial charge in [0.1, 0.15) is 6.61 Å². The maximum atomic E-state index is 11.4. The van der Waals surface area contributed by atoms with Gasteiger partial charge >= 0.3 is 5.97 Å². The van der Waals surface area contributed by atoms with Crippen LogP contribution in [0.4, 0.5) is 0 Å². The fraction of sp³-hybridized carbons (Fsp3) is 0.583. The van der Waals surface area contributed by atoms with Gasteiger partial charge in [-0.1, -0.05) is 13.0 Å². The Labute approximate surface area is 88.4 Å². The third kappa shape index (κ3) is 1.07. The van der Waals surface area contributed by atoms with E-state index in [-0.39, 0.29) is 11.4 Å². The Morgan fingerprint density at radius 2 is 2.40 bits per heavy atom. The predicted molar refractivity (Wildman–Crippen MR) is 54.0 cm³/mol. The molecule has 0 aromatic heterocycles. The fourth-order valence-corrected chi connectivity index (χ4v) is 3.12. The molecule has 0 bridgehead atoms. The van der Waals surface area contributed by atoms with Crippen molar-refractivity contribution in [1.82, 2.24) is 0 Å². The summed E-state index contributed by atoms with van der Waals surface area (Å²) in [7, 11) is 0. The van der Waals surface area contributed by atoms with Crippen molar-refractivity contribution in [3.63, 3.8) is 0 Å². The van der Waals surface area contributed by atoms with Crippen LogP contribution in [0.2, 0.25) is 0 Å². The van der Waals surface area contributed by atoms with E-state index in [1.54, 1.807) is 0 Å². The van der Waals surface area contributed by atoms with Gasteiger partial charge in [0.05, 0.1) is 11.7 Å². The average Bonchev–Trinajstić information content (AvgIpc) is 2.69. The molecular weight excluding hydrogens is 192 g/mol. The van der Waals surface area contributed by atoms with Crippen molar-refractivity contribution in [3.05, 3.63) is 22.8 Å². The monoisotopic (exact) mass is 206 g/mol. The van der Waals surface area contributed by atoms with Crippen molar-refractivity contribution in [2.24, 2.45) is 5.41 Å². The Balaban J connectivity index is 2.15. The van der Waals surface area contributed by atoms with Crippen LogP contribution in [-0.4, -0.2) is 23.8 Å². The Kier molecular flexibility index (Phi) is 1.67. The van der Waals surface area contributed by atoms with Crippen LogP contribution in [-0.2, 0) is 9.53 Å². The summed E-state index contributed by atoms with van der Waals surface area (Å²) < 4.78 is 5.01. The van der Waals surface area contributed by atoms with Crippen LogP contribution in [0.3, 0.4) is 0 Å². The molecule has 0 spiro atoms. The highest BCUT2D eigenvalue weighted by molar-refractivity contribution is 5.94. The zero-order valence-electron chi connectivity index (χ0n) is 8.75. The van der Waals surface area contributed by atoms with Gasteiger partial charge in [-0.25, -0.2) is 4.79 Å². The van der Waals surface area contributed by atoms with Crippen molar-refractivity contribution < 1.29 is 14.6 Å². The Morgan fingerprint density at radius 1 is 1.60 bits per heavy atom. The number of esters is 1. The molecule has 0 amide bonds. The molecular formula is C12H14O3. The van der Waals surface area contributed by atoms with Crippen molar-refractivity contribution in [2.45, 2.75) is 32.3 Å². The molecule has 3 rings (SSSR count). The molecule has 3 aliphatic rings. The van der Waals surface area contributed by atoms with Crippen LogP contribution in [0.5, 0.6) is 0 Å². The molecule has 1 aliphatic heterocycles. The van der Waals surface area contributed by atoms with Gasteiger partial charge < -0.3 is 9.84 Å². The first-order valence-electron chi connectivity index (χ1n) is 5.41. The molecule has 0 radical (unpaired) electrons. The molecule has 1 heterocycles. The number of fused-ring (bicyclic) bond motifs is 2. The molecule has 0 aromatic rings. The molecule has 1 N–H and O–H groups in total. The predicted octanol–water partition coefficient (Wildman–Crippen LogP) is 1.33. The second kappa shape index (κ2) is 2.73. The largest absolute Gasteiger partial charge is 0.457 e. The van der Waals surface area contributed by atoms with E-state index in [1.807, 2.05) is 0 Å². The van der Waals surface area contributed by atoms with Crippen LogP contribution < -0.4 is 0 Å². The highest BCUT2D eigenvalue weighted by Crippen LogP contribution is 2.52. The Hall–Kier alpha value is -1.09. The number of aliphatic hydroxyl groups excluding tert-OH is 1. The third-order valence-electron chi connectivity index (χ3n) is 3.89. The number of hydrogen-bond acceptors (Lipinski definition) is 3. The highest BCUT2D eigenvalue weighted by Gasteiger charge is 2.46. The quantitative estimate of drug-likeness (QED) is 0.608. The van der Waals surface area contributed by atoms with E-state index in [9.17, 15) is 9.90 Å². The summed E-state index contributed by atoms with van der Waals surface area (Å²) in [5.41, 5.74) is 2.78. The van der Waals surface area contributed by atoms with Crippen molar-refractivity contribution in [3.8, 4) is 0 Å². The van der Waals surface area contributed by atoms with Crippen molar-refractivity contribution >= 4 is 5.97 Å². The SMILES string of the molecule is C[C@]12CCC=C1C1=C(C(=O)OC1)[C@@H](O)C2. The third-order valence-corrected chi connectivity index (χ3v) is 3.89. The summed E-state index contributed by atoms with van der Waals surface area (Å²) in [6, 6.07) is 0. The van der Waals surface area contributed by atoms with Crippen molar-refractivity contribution in [2.75, 3.05) is 6.61 Å². The second-order valence-corrected chi connectivity index (χ2v) is 4.91. The molecule has 15 heavy (non-hydrogen) atoms. The number of rotatable bonds is 0. The first kappa shape index (κ1) is 9.16. The lowest BCUT2D eigenvalue weighted by Gasteiger charge is -2.35. The minimum absolute atomic E-state index is 0.0617. The summed E-state index contributed by atoms with van der Waals surface area (Å²) in [4.78, 5) is 11.4. The molecule has 0 unspecified atom stereocenters. The standard InChI is InChI=1S/C12H14O3/c1-12-4-2-3-8(12)7-6-15-11(14)10(7)9(13)5-12/h3,9,13H,2,4-6H2,1H3/t9-,12+/m0/s1. The van der Waals surface area contributed by atoms with Gasteiger partial charge in [0.2, 0.25) is 0 Å². The number of carbonyl (C=O) groups is 1. The number of aliphatic hydroxyl groups is 1. The summed E-state index contributed by atoms with van der Waals surface area (Å²) >= 11 is 0. The fourth-order valence-electron chi connectivity index (χ4n) is 3.12. The maximum Gasteiger partial charge on any atom is 0.337 e. The number of carbonyl (C=O) groups excluding carboxylic acids is 1. The Bertz CT molecular complexity index is 405. The van der Waals surface area contributed by atoms with Gasteiger partial charge in [-0.2, -0.15) is 0 Å². The second-order valence-electron chi connectivity index (χ2n) is 4.91. The van der Waals surface area contributed by atoms with Gasteiger partial charge in [0.25, 0.3) is 0 Å². The molecule has 2 atom stereocenters. The summed E-state index contributed by atoms with van der Waals surface area (Å²) in [6.45, 7) is 2.52. The maximum absolute atomic E-state index is 11.4. The van der Waals surface area contributed by atoms with E-state index in [1.165, 1.54) is 5.57 Å². The zero-order valence-corrected chi connectivity index (χ0v) is 8.75. The van der Waals surface area contributed by atoms with E-state index in [0.29, 0.717) is 18.6 Å². The van der Waals surface area contributed by atoms with Gasteiger partial charge in [-0.3, -0.25) is 0 Å². The Morgan fingerprint density at radius 3 is 3.20 bits per heavy atom. The summed E-state index contributed by atoms with van der Waals surface area (Å²) in [5.74, 6) is -0.327. The highest BCUT2D eigenvalue weighted by atomic mass is 16.5. The van der Waals surface area contributed by atoms with Crippen LogP contribution in [0.1, 0.15) is 26.2 Å². The molecule has 3 heteroatoms. The molecule has 0 aromatic carbocycles. The van der Waals surface area contributed by atoms with E-state index < -0.39 is 6.10 Å². The summed E-state index contributed by atoms with van der Waals surface area (Å²) in [6.07, 6.45) is 4.35. The van der Waals surface area contributed by atoms with E-state index in [2.05, 4.69) is 13.0 Å². The van der Waals surface area contributed by atoms with E-state index >= 15 is 0 Å². The topological polar surface area (TPSA) is 46.5 Å².